The molecule has 0 spiro atoms. The molecule has 0 fully saturated rings. The first-order valence-corrected chi connectivity index (χ1v) is 5.62. The molecule has 1 unspecified atom stereocenters. The van der Waals surface area contributed by atoms with Gasteiger partial charge in [0.05, 0.1) is 0 Å². The summed E-state index contributed by atoms with van der Waals surface area (Å²) in [6, 6.07) is 3.33. The van der Waals surface area contributed by atoms with Crippen LogP contribution in [0.1, 0.15) is 26.7 Å². The number of anilines is 1. The van der Waals surface area contributed by atoms with Crippen LogP contribution >= 0.6 is 0 Å². The van der Waals surface area contributed by atoms with Crippen molar-refractivity contribution in [3.8, 4) is 0 Å². The third kappa shape index (κ3) is 2.22. The van der Waals surface area contributed by atoms with Crippen LogP contribution in [0.4, 0.5) is 5.82 Å². The predicted octanol–water partition coefficient (Wildman–Crippen LogP) is 0.575. The van der Waals surface area contributed by atoms with Gasteiger partial charge in [-0.3, -0.25) is 0 Å². The molecule has 0 saturated carbocycles. The molecule has 2 N–H and O–H groups in total. The number of fused-ring (bicyclic) bond motifs is 1. The van der Waals surface area contributed by atoms with E-state index in [1.165, 1.54) is 4.63 Å². The van der Waals surface area contributed by atoms with Crippen LogP contribution in [0.3, 0.4) is 0 Å². The van der Waals surface area contributed by atoms with E-state index in [4.69, 9.17) is 0 Å². The van der Waals surface area contributed by atoms with Gasteiger partial charge in [0.2, 0.25) is 0 Å². The first-order valence-electron chi connectivity index (χ1n) is 5.62. The van der Waals surface area contributed by atoms with Crippen molar-refractivity contribution in [3.63, 3.8) is 0 Å². The second-order valence-corrected chi connectivity index (χ2v) is 4.26. The van der Waals surface area contributed by atoms with Crippen molar-refractivity contribution in [1.29, 1.82) is 0 Å². The number of carboxylic acids is 1. The van der Waals surface area contributed by atoms with Gasteiger partial charge in [-0.1, -0.05) is 13.3 Å². The molecule has 0 bridgehead atoms. The molecule has 0 aliphatic heterocycles. The molecule has 2 heterocycles. The number of hydrogen-bond acceptors (Lipinski definition) is 6. The highest BCUT2D eigenvalue weighted by Gasteiger charge is 2.32. The molecule has 0 radical (unpaired) electrons. The van der Waals surface area contributed by atoms with Crippen molar-refractivity contribution >= 4 is 17.4 Å². The van der Waals surface area contributed by atoms with E-state index in [-0.39, 0.29) is 0 Å². The van der Waals surface area contributed by atoms with E-state index in [2.05, 4.69) is 25.9 Å². The van der Waals surface area contributed by atoms with Gasteiger partial charge in [-0.25, -0.2) is 4.79 Å². The van der Waals surface area contributed by atoms with E-state index >= 15 is 0 Å². The molecule has 0 saturated heterocycles. The molecule has 8 nitrogen and oxygen atoms in total. The lowest BCUT2D eigenvalue weighted by Crippen LogP contribution is -2.43. The molecule has 2 rings (SSSR count). The zero-order valence-electron chi connectivity index (χ0n) is 10.2. The van der Waals surface area contributed by atoms with Crippen LogP contribution in [0, 0.1) is 0 Å². The van der Waals surface area contributed by atoms with Crippen molar-refractivity contribution in [2.45, 2.75) is 32.2 Å². The zero-order valence-corrected chi connectivity index (χ0v) is 10.2. The number of hydrogen-bond donors (Lipinski definition) is 2. The molecule has 1 atom stereocenters. The summed E-state index contributed by atoms with van der Waals surface area (Å²) in [5, 5.41) is 27.1. The normalized spacial score (nSPS) is 14.3. The highest BCUT2D eigenvalue weighted by molar-refractivity contribution is 5.81. The Bertz CT molecular complexity index is 568. The highest BCUT2D eigenvalue weighted by Crippen LogP contribution is 2.19. The Morgan fingerprint density at radius 2 is 2.33 bits per heavy atom. The van der Waals surface area contributed by atoms with E-state index in [1.807, 2.05) is 6.92 Å². The number of carboxylic acid groups (broad SMARTS) is 1. The van der Waals surface area contributed by atoms with E-state index in [9.17, 15) is 9.90 Å². The molecule has 0 aliphatic carbocycles. The first-order chi connectivity index (χ1) is 8.55. The Morgan fingerprint density at radius 1 is 1.56 bits per heavy atom. The van der Waals surface area contributed by atoms with Gasteiger partial charge in [-0.2, -0.15) is 0 Å². The van der Waals surface area contributed by atoms with Gasteiger partial charge in [0, 0.05) is 0 Å². The van der Waals surface area contributed by atoms with Crippen LogP contribution in [0.5, 0.6) is 0 Å². The van der Waals surface area contributed by atoms with Gasteiger partial charge >= 0.3 is 5.97 Å². The lowest BCUT2D eigenvalue weighted by atomic mass is 9.96. The molecule has 18 heavy (non-hydrogen) atoms. The third-order valence-corrected chi connectivity index (χ3v) is 2.70. The fourth-order valence-electron chi connectivity index (χ4n) is 1.72. The minimum absolute atomic E-state index is 0.424. The van der Waals surface area contributed by atoms with Gasteiger partial charge in [0.1, 0.15) is 11.4 Å². The topological polar surface area (TPSA) is 105 Å². The predicted molar refractivity (Wildman–Crippen MR) is 63.1 cm³/mol. The summed E-state index contributed by atoms with van der Waals surface area (Å²) in [6.07, 6.45) is 1.25. The number of aliphatic carboxylic acids is 1. The molecular weight excluding hydrogens is 236 g/mol. The Hall–Kier alpha value is -2.25. The number of nitrogens with one attached hydrogen (secondary N) is 1. The van der Waals surface area contributed by atoms with Gasteiger partial charge in [-0.05, 0) is 35.9 Å². The van der Waals surface area contributed by atoms with E-state index in [0.29, 0.717) is 17.9 Å². The number of aromatic nitrogens is 5. The maximum Gasteiger partial charge on any atom is 0.329 e. The Balaban J connectivity index is 2.27. The summed E-state index contributed by atoms with van der Waals surface area (Å²) in [6.45, 7) is 3.56. The van der Waals surface area contributed by atoms with Crippen molar-refractivity contribution in [3.05, 3.63) is 12.1 Å². The van der Waals surface area contributed by atoms with E-state index in [0.717, 1.165) is 6.42 Å². The number of tetrazole rings is 1. The van der Waals surface area contributed by atoms with Crippen LogP contribution in [-0.2, 0) is 4.79 Å². The summed E-state index contributed by atoms with van der Waals surface area (Å²) in [7, 11) is 0. The SMILES string of the molecule is CCCC(C)(Nc1ccc2nnnn2n1)C(=O)O. The summed E-state index contributed by atoms with van der Waals surface area (Å²) in [5.74, 6) is -0.490. The summed E-state index contributed by atoms with van der Waals surface area (Å²) in [4.78, 5) is 11.3. The minimum Gasteiger partial charge on any atom is -0.480 e. The quantitative estimate of drug-likeness (QED) is 0.799. The van der Waals surface area contributed by atoms with Crippen LogP contribution in [0.15, 0.2) is 12.1 Å². The fraction of sp³-hybridized carbons (Fsp3) is 0.500. The smallest absolute Gasteiger partial charge is 0.329 e. The molecule has 0 aromatic carbocycles. The van der Waals surface area contributed by atoms with Crippen molar-refractivity contribution in [2.24, 2.45) is 0 Å². The van der Waals surface area contributed by atoms with Crippen LogP contribution < -0.4 is 5.32 Å². The molecule has 96 valence electrons. The van der Waals surface area contributed by atoms with Crippen molar-refractivity contribution < 1.29 is 9.90 Å². The Labute approximate surface area is 103 Å². The van der Waals surface area contributed by atoms with Gasteiger partial charge < -0.3 is 10.4 Å². The Kier molecular flexibility index (Phi) is 3.09. The maximum absolute atomic E-state index is 11.3. The summed E-state index contributed by atoms with van der Waals surface area (Å²) < 4.78 is 1.25. The van der Waals surface area contributed by atoms with E-state index < -0.39 is 11.5 Å². The second kappa shape index (κ2) is 4.55. The lowest BCUT2D eigenvalue weighted by molar-refractivity contribution is -0.142. The maximum atomic E-state index is 11.3. The molecular formula is C10H14N6O2. The monoisotopic (exact) mass is 250 g/mol. The lowest BCUT2D eigenvalue weighted by Gasteiger charge is -2.26. The Morgan fingerprint density at radius 3 is 3.00 bits per heavy atom. The summed E-state index contributed by atoms with van der Waals surface area (Å²) in [5.41, 5.74) is -0.545. The average Bonchev–Trinajstić information content (AvgIpc) is 2.76. The summed E-state index contributed by atoms with van der Waals surface area (Å²) >= 11 is 0. The van der Waals surface area contributed by atoms with E-state index in [1.54, 1.807) is 19.1 Å². The van der Waals surface area contributed by atoms with Gasteiger partial charge in [0.25, 0.3) is 0 Å². The minimum atomic E-state index is -1.05. The van der Waals surface area contributed by atoms with Crippen LogP contribution in [-0.4, -0.2) is 41.9 Å². The molecule has 8 heteroatoms. The first kappa shape index (κ1) is 12.2. The van der Waals surface area contributed by atoms with Crippen LogP contribution in [0.2, 0.25) is 0 Å². The largest absolute Gasteiger partial charge is 0.480 e. The van der Waals surface area contributed by atoms with Gasteiger partial charge in [-0.15, -0.1) is 14.8 Å². The standard InChI is InChI=1S/C10H14N6O2/c1-3-6-10(2,9(17)18)11-7-4-5-8-12-14-15-16(8)13-7/h4-5H,3,6H2,1-2H3,(H,11,13)(H,17,18). The second-order valence-electron chi connectivity index (χ2n) is 4.26. The average molecular weight is 250 g/mol. The van der Waals surface area contributed by atoms with Crippen molar-refractivity contribution in [2.75, 3.05) is 5.32 Å². The number of nitrogens with zero attached hydrogens (tertiary/aromatic N) is 5. The number of carbonyl (C=O) groups is 1. The number of rotatable bonds is 5. The highest BCUT2D eigenvalue weighted by atomic mass is 16.4. The molecule has 0 amide bonds. The molecule has 0 aliphatic rings. The fourth-order valence-corrected chi connectivity index (χ4v) is 1.72. The molecule has 2 aromatic heterocycles. The molecule has 2 aromatic rings. The zero-order chi connectivity index (χ0) is 13.2. The van der Waals surface area contributed by atoms with Gasteiger partial charge in [0.15, 0.2) is 5.65 Å². The van der Waals surface area contributed by atoms with Crippen molar-refractivity contribution in [1.82, 2.24) is 25.3 Å². The third-order valence-electron chi connectivity index (χ3n) is 2.70. The van der Waals surface area contributed by atoms with Crippen LogP contribution in [0.25, 0.3) is 5.65 Å².